The number of fused-ring (bicyclic) bond motifs is 1. The minimum absolute atomic E-state index is 0.00949. The molecule has 0 saturated carbocycles. The molecule has 0 N–H and O–H groups in total. The average molecular weight is 507 g/mol. The molecule has 0 spiro atoms. The topological polar surface area (TPSA) is 40.6 Å². The Morgan fingerprint density at radius 2 is 1.72 bits per heavy atom. The van der Waals surface area contributed by atoms with Gasteiger partial charge in [0.25, 0.3) is 5.91 Å². The number of hydrogen-bond acceptors (Lipinski definition) is 3. The van der Waals surface area contributed by atoms with Crippen LogP contribution >= 0.6 is 11.3 Å². The monoisotopic (exact) mass is 506 g/mol. The van der Waals surface area contributed by atoms with Crippen LogP contribution in [0.25, 0.3) is 0 Å². The van der Waals surface area contributed by atoms with E-state index in [1.54, 1.807) is 16.2 Å². The molecule has 1 aliphatic heterocycles. The minimum Gasteiger partial charge on any atom is -0.330 e. The Balaban J connectivity index is 1.63. The molecule has 1 aliphatic rings. The van der Waals surface area contributed by atoms with Crippen LogP contribution in [0.15, 0.2) is 60.0 Å². The molecule has 0 radical (unpaired) electrons. The van der Waals surface area contributed by atoms with Crippen LogP contribution in [0.1, 0.15) is 72.6 Å². The van der Waals surface area contributed by atoms with Crippen molar-refractivity contribution in [3.05, 3.63) is 92.9 Å². The van der Waals surface area contributed by atoms with Gasteiger partial charge in [-0.05, 0) is 70.2 Å². The van der Waals surface area contributed by atoms with E-state index in [1.807, 2.05) is 18.7 Å². The smallest absolute Gasteiger partial charge is 0.254 e. The fourth-order valence-corrected chi connectivity index (χ4v) is 5.70. The van der Waals surface area contributed by atoms with Gasteiger partial charge in [0, 0.05) is 23.5 Å². The zero-order chi connectivity index (χ0) is 26.0. The standard InChI is InChI=1S/C30H35FN2O2S/c1-20(2)18-32(29(35)22-8-12-24(31)13-9-22)19-27(34)33-16-14-26-25(15-17-36-26)28(33)21-6-10-23(11-7-21)30(3,4)5/h6-13,15,17,20,28H,14,16,18-19H2,1-5H3. The molecule has 0 aliphatic carbocycles. The third-order valence-corrected chi connectivity index (χ3v) is 7.67. The predicted octanol–water partition coefficient (Wildman–Crippen LogP) is 6.46. The lowest BCUT2D eigenvalue weighted by Crippen LogP contribution is -2.47. The summed E-state index contributed by atoms with van der Waals surface area (Å²) in [6.07, 6.45) is 0.811. The van der Waals surface area contributed by atoms with Crippen LogP contribution in [-0.4, -0.2) is 41.2 Å². The van der Waals surface area contributed by atoms with Crippen molar-refractivity contribution >= 4 is 23.2 Å². The first-order chi connectivity index (χ1) is 17.0. The molecule has 2 aromatic carbocycles. The summed E-state index contributed by atoms with van der Waals surface area (Å²) in [5.41, 5.74) is 3.93. The van der Waals surface area contributed by atoms with Gasteiger partial charge in [0.05, 0.1) is 6.04 Å². The van der Waals surface area contributed by atoms with E-state index in [2.05, 4.69) is 56.5 Å². The van der Waals surface area contributed by atoms with Crippen LogP contribution in [0.2, 0.25) is 0 Å². The number of hydrogen-bond donors (Lipinski definition) is 0. The van der Waals surface area contributed by atoms with Crippen molar-refractivity contribution < 1.29 is 14.0 Å². The maximum atomic E-state index is 13.8. The van der Waals surface area contributed by atoms with Crippen molar-refractivity contribution in [1.29, 1.82) is 0 Å². The van der Waals surface area contributed by atoms with Crippen molar-refractivity contribution in [3.63, 3.8) is 0 Å². The van der Waals surface area contributed by atoms with E-state index in [-0.39, 0.29) is 35.7 Å². The maximum Gasteiger partial charge on any atom is 0.254 e. The number of halogens is 1. The molecule has 6 heteroatoms. The van der Waals surface area contributed by atoms with E-state index < -0.39 is 5.82 Å². The van der Waals surface area contributed by atoms with Crippen molar-refractivity contribution in [2.45, 2.75) is 52.5 Å². The quantitative estimate of drug-likeness (QED) is 0.385. The Morgan fingerprint density at radius 3 is 2.33 bits per heavy atom. The second-order valence-corrected chi connectivity index (χ2v) is 12.0. The second-order valence-electron chi connectivity index (χ2n) is 11.0. The van der Waals surface area contributed by atoms with Crippen molar-refractivity contribution in [1.82, 2.24) is 9.80 Å². The van der Waals surface area contributed by atoms with Crippen LogP contribution in [0.5, 0.6) is 0 Å². The predicted molar refractivity (Wildman–Crippen MR) is 144 cm³/mol. The molecule has 0 fully saturated rings. The zero-order valence-electron chi connectivity index (χ0n) is 21.8. The largest absolute Gasteiger partial charge is 0.330 e. The summed E-state index contributed by atoms with van der Waals surface area (Å²) in [5, 5.41) is 2.10. The molecule has 36 heavy (non-hydrogen) atoms. The Hall–Kier alpha value is -2.99. The van der Waals surface area contributed by atoms with Gasteiger partial charge in [-0.2, -0.15) is 0 Å². The molecule has 4 rings (SSSR count). The maximum absolute atomic E-state index is 13.8. The summed E-state index contributed by atoms with van der Waals surface area (Å²) in [5.74, 6) is -0.532. The van der Waals surface area contributed by atoms with Crippen LogP contribution < -0.4 is 0 Å². The molecule has 1 atom stereocenters. The number of carbonyl (C=O) groups excluding carboxylic acids is 2. The van der Waals surface area contributed by atoms with Gasteiger partial charge in [-0.15, -0.1) is 11.3 Å². The number of thiophene rings is 1. The molecule has 190 valence electrons. The van der Waals surface area contributed by atoms with E-state index in [4.69, 9.17) is 0 Å². The molecule has 4 nitrogen and oxygen atoms in total. The van der Waals surface area contributed by atoms with Gasteiger partial charge in [-0.3, -0.25) is 9.59 Å². The summed E-state index contributed by atoms with van der Waals surface area (Å²) in [7, 11) is 0. The summed E-state index contributed by atoms with van der Waals surface area (Å²) in [6, 6.07) is 16.0. The van der Waals surface area contributed by atoms with Gasteiger partial charge in [-0.25, -0.2) is 4.39 Å². The lowest BCUT2D eigenvalue weighted by Gasteiger charge is -2.38. The zero-order valence-corrected chi connectivity index (χ0v) is 22.6. The van der Waals surface area contributed by atoms with Crippen LogP contribution in [-0.2, 0) is 16.6 Å². The van der Waals surface area contributed by atoms with Crippen molar-refractivity contribution in [3.8, 4) is 0 Å². The number of benzene rings is 2. The van der Waals surface area contributed by atoms with Gasteiger partial charge in [0.15, 0.2) is 0 Å². The lowest BCUT2D eigenvalue weighted by molar-refractivity contribution is -0.134. The van der Waals surface area contributed by atoms with Crippen molar-refractivity contribution in [2.75, 3.05) is 19.6 Å². The summed E-state index contributed by atoms with van der Waals surface area (Å²) < 4.78 is 13.4. The number of carbonyl (C=O) groups is 2. The SMILES string of the molecule is CC(C)CN(CC(=O)N1CCc2sccc2C1c1ccc(C(C)(C)C)cc1)C(=O)c1ccc(F)cc1. The highest BCUT2D eigenvalue weighted by molar-refractivity contribution is 7.10. The fraction of sp³-hybridized carbons (Fsp3) is 0.400. The van der Waals surface area contributed by atoms with Crippen molar-refractivity contribution in [2.24, 2.45) is 5.92 Å². The second kappa shape index (κ2) is 10.6. The number of nitrogens with zero attached hydrogens (tertiary/aromatic N) is 2. The average Bonchev–Trinajstić information content (AvgIpc) is 3.31. The minimum atomic E-state index is -0.391. The lowest BCUT2D eigenvalue weighted by atomic mass is 9.85. The normalized spacial score (nSPS) is 15.6. The summed E-state index contributed by atoms with van der Waals surface area (Å²) in [4.78, 5) is 31.9. The molecule has 0 bridgehead atoms. The molecule has 2 amide bonds. The Morgan fingerprint density at radius 1 is 1.06 bits per heavy atom. The first kappa shape index (κ1) is 26.1. The van der Waals surface area contributed by atoms with Crippen LogP contribution in [0.4, 0.5) is 4.39 Å². The highest BCUT2D eigenvalue weighted by Crippen LogP contribution is 2.38. The highest BCUT2D eigenvalue weighted by atomic mass is 32.1. The van der Waals surface area contributed by atoms with E-state index >= 15 is 0 Å². The first-order valence-corrected chi connectivity index (χ1v) is 13.4. The Kier molecular flexibility index (Phi) is 7.65. The highest BCUT2D eigenvalue weighted by Gasteiger charge is 2.34. The molecular formula is C30H35FN2O2S. The van der Waals surface area contributed by atoms with Gasteiger partial charge >= 0.3 is 0 Å². The van der Waals surface area contributed by atoms with E-state index in [9.17, 15) is 14.0 Å². The molecule has 3 aromatic rings. The molecule has 2 heterocycles. The number of rotatable bonds is 6. The fourth-order valence-electron chi connectivity index (χ4n) is 4.80. The Labute approximate surface area is 217 Å². The summed E-state index contributed by atoms with van der Waals surface area (Å²) >= 11 is 1.74. The van der Waals surface area contributed by atoms with Gasteiger partial charge < -0.3 is 9.80 Å². The van der Waals surface area contributed by atoms with Crippen LogP contribution in [0.3, 0.4) is 0 Å². The summed E-state index contributed by atoms with van der Waals surface area (Å²) in [6.45, 7) is 11.7. The third kappa shape index (κ3) is 5.70. The van der Waals surface area contributed by atoms with E-state index in [0.29, 0.717) is 18.7 Å². The molecule has 1 aromatic heterocycles. The number of amides is 2. The van der Waals surface area contributed by atoms with Gasteiger partial charge in [0.2, 0.25) is 5.91 Å². The Bertz CT molecular complexity index is 1210. The van der Waals surface area contributed by atoms with Crippen LogP contribution in [0, 0.1) is 11.7 Å². The molecule has 0 saturated heterocycles. The third-order valence-electron chi connectivity index (χ3n) is 6.67. The molecule has 1 unspecified atom stereocenters. The molecular weight excluding hydrogens is 471 g/mol. The van der Waals surface area contributed by atoms with Gasteiger partial charge in [-0.1, -0.05) is 58.9 Å². The van der Waals surface area contributed by atoms with E-state index in [0.717, 1.165) is 12.0 Å². The first-order valence-electron chi connectivity index (χ1n) is 12.6. The van der Waals surface area contributed by atoms with E-state index in [1.165, 1.54) is 40.3 Å². The van der Waals surface area contributed by atoms with Gasteiger partial charge in [0.1, 0.15) is 12.4 Å².